The van der Waals surface area contributed by atoms with Crippen molar-refractivity contribution in [3.8, 4) is 23.1 Å². The Hall–Kier alpha value is -4.32. The van der Waals surface area contributed by atoms with Crippen molar-refractivity contribution in [3.63, 3.8) is 0 Å². The molecule has 0 bridgehead atoms. The second kappa shape index (κ2) is 9.74. The Bertz CT molecular complexity index is 1440. The first-order chi connectivity index (χ1) is 17.4. The maximum Gasteiger partial charge on any atom is 0.411 e. The van der Waals surface area contributed by atoms with Crippen LogP contribution >= 0.6 is 0 Å². The first kappa shape index (κ1) is 23.4. The molecule has 184 valence electrons. The molecule has 1 N–H and O–H groups in total. The minimum Gasteiger partial charge on any atom is -0.484 e. The van der Waals surface area contributed by atoms with Gasteiger partial charge in [0.1, 0.15) is 11.8 Å². The van der Waals surface area contributed by atoms with E-state index in [9.17, 15) is 10.1 Å². The Morgan fingerprint density at radius 3 is 2.61 bits per heavy atom. The van der Waals surface area contributed by atoms with E-state index >= 15 is 0 Å². The summed E-state index contributed by atoms with van der Waals surface area (Å²) in [5.74, 6) is 1.56. The van der Waals surface area contributed by atoms with Crippen LogP contribution in [-0.4, -0.2) is 27.0 Å². The van der Waals surface area contributed by atoms with E-state index < -0.39 is 6.09 Å². The van der Waals surface area contributed by atoms with Crippen LogP contribution in [0.4, 0.5) is 10.5 Å². The highest BCUT2D eigenvalue weighted by atomic mass is 16.6. The van der Waals surface area contributed by atoms with Crippen molar-refractivity contribution in [1.29, 1.82) is 5.26 Å². The molecule has 1 amide bonds. The Kier molecular flexibility index (Phi) is 6.34. The largest absolute Gasteiger partial charge is 0.484 e. The summed E-state index contributed by atoms with van der Waals surface area (Å²) in [5.41, 5.74) is 3.98. The third-order valence-corrected chi connectivity index (χ3v) is 6.21. The Labute approximate surface area is 208 Å². The summed E-state index contributed by atoms with van der Waals surface area (Å²) in [6, 6.07) is 16.0. The number of aromatic nitrogens is 3. The Morgan fingerprint density at radius 1 is 1.22 bits per heavy atom. The number of aryl methyl sites for hydroxylation is 1. The fourth-order valence-corrected chi connectivity index (χ4v) is 4.41. The van der Waals surface area contributed by atoms with Crippen molar-refractivity contribution in [1.82, 2.24) is 14.8 Å². The van der Waals surface area contributed by atoms with Crippen molar-refractivity contribution in [2.24, 2.45) is 0 Å². The summed E-state index contributed by atoms with van der Waals surface area (Å²) in [6.07, 6.45) is 2.55. The number of amides is 1. The van der Waals surface area contributed by atoms with E-state index in [2.05, 4.69) is 26.2 Å². The molecular formula is C27H27N5O4. The number of carbonyl (C=O) groups is 1. The molecule has 4 aromatic rings. The molecule has 0 aliphatic heterocycles. The van der Waals surface area contributed by atoms with E-state index in [-0.39, 0.29) is 12.7 Å². The van der Waals surface area contributed by atoms with Gasteiger partial charge >= 0.3 is 6.09 Å². The van der Waals surface area contributed by atoms with Gasteiger partial charge in [-0.05, 0) is 62.9 Å². The van der Waals surface area contributed by atoms with Gasteiger partial charge in [-0.3, -0.25) is 5.32 Å². The average molecular weight is 486 g/mol. The maximum absolute atomic E-state index is 12.0. The topological polar surface area (TPSA) is 115 Å². The highest BCUT2D eigenvalue weighted by Crippen LogP contribution is 2.43. The highest BCUT2D eigenvalue weighted by molar-refractivity contribution is 5.96. The van der Waals surface area contributed by atoms with Crippen molar-refractivity contribution in [3.05, 3.63) is 59.8 Å². The monoisotopic (exact) mass is 485 g/mol. The molecule has 1 fully saturated rings. The van der Waals surface area contributed by atoms with E-state index in [4.69, 9.17) is 13.9 Å². The third kappa shape index (κ3) is 4.62. The molecule has 2 heterocycles. The maximum atomic E-state index is 12.0. The number of rotatable bonds is 7. The molecule has 1 aliphatic rings. The van der Waals surface area contributed by atoms with Crippen molar-refractivity contribution < 1.29 is 18.7 Å². The second-order valence-corrected chi connectivity index (χ2v) is 9.13. The predicted octanol–water partition coefficient (Wildman–Crippen LogP) is 6.13. The number of nitrogens with one attached hydrogen (secondary N) is 1. The minimum atomic E-state index is -0.498. The highest BCUT2D eigenvalue weighted by Gasteiger charge is 2.28. The predicted molar refractivity (Wildman–Crippen MR) is 134 cm³/mol. The van der Waals surface area contributed by atoms with Gasteiger partial charge in [-0.25, -0.2) is 4.79 Å². The zero-order valence-corrected chi connectivity index (χ0v) is 20.4. The number of carbonyl (C=O) groups excluding carboxylic acids is 1. The first-order valence-electron chi connectivity index (χ1n) is 12.0. The van der Waals surface area contributed by atoms with Gasteiger partial charge in [0, 0.05) is 30.1 Å². The smallest absolute Gasteiger partial charge is 0.411 e. The first-order valence-corrected chi connectivity index (χ1v) is 12.0. The minimum absolute atomic E-state index is 0.169. The number of nitrogens with zero attached hydrogens (tertiary/aromatic N) is 4. The lowest BCUT2D eigenvalue weighted by molar-refractivity contribution is 0.130. The van der Waals surface area contributed by atoms with Crippen molar-refractivity contribution >= 4 is 22.7 Å². The van der Waals surface area contributed by atoms with Crippen LogP contribution in [0.5, 0.6) is 5.75 Å². The van der Waals surface area contributed by atoms with E-state index in [1.807, 2.05) is 42.5 Å². The van der Waals surface area contributed by atoms with Gasteiger partial charge < -0.3 is 18.5 Å². The molecule has 9 nitrogen and oxygen atoms in total. The number of anilines is 1. The molecule has 0 atom stereocenters. The van der Waals surface area contributed by atoms with Gasteiger partial charge in [-0.2, -0.15) is 5.26 Å². The van der Waals surface area contributed by atoms with Crippen molar-refractivity contribution in [2.45, 2.75) is 58.8 Å². The molecule has 2 aromatic carbocycles. The lowest BCUT2D eigenvalue weighted by atomic mass is 9.92. The molecule has 1 aliphatic carbocycles. The number of hydrogen-bond donors (Lipinski definition) is 1. The number of hydrogen-bond acceptors (Lipinski definition) is 7. The normalized spacial score (nSPS) is 13.4. The summed E-state index contributed by atoms with van der Waals surface area (Å²) in [4.78, 5) is 12.0. The fourth-order valence-electron chi connectivity index (χ4n) is 4.41. The zero-order valence-electron chi connectivity index (χ0n) is 20.4. The molecule has 9 heteroatoms. The summed E-state index contributed by atoms with van der Waals surface area (Å²) >= 11 is 0. The summed E-state index contributed by atoms with van der Waals surface area (Å²) in [7, 11) is 0. The summed E-state index contributed by atoms with van der Waals surface area (Å²) in [5, 5.41) is 21.6. The summed E-state index contributed by atoms with van der Waals surface area (Å²) in [6.45, 7) is 5.50. The van der Waals surface area contributed by atoms with Crippen molar-refractivity contribution in [2.75, 3.05) is 5.32 Å². The van der Waals surface area contributed by atoms with Crippen LogP contribution in [0, 0.1) is 18.3 Å². The van der Waals surface area contributed by atoms with Crippen LogP contribution in [0.3, 0.4) is 0 Å². The SMILES string of the molecule is Cc1nnc(COc2ccc3c(C#N)c(-c4ccc(NC(=O)OC(C)C)cc4)n(C4CCC4)c3c2)o1. The molecule has 0 unspecified atom stereocenters. The summed E-state index contributed by atoms with van der Waals surface area (Å²) < 4.78 is 18.7. The standard InChI is InChI=1S/C27H27N5O4/c1-16(2)35-27(33)29-19-9-7-18(8-10-19)26-23(14-28)22-12-11-21(34-15-25-31-30-17(3)36-25)13-24(22)32(26)20-5-4-6-20/h7-13,16,20H,4-6,15H2,1-3H3,(H,29,33). The van der Waals surface area contributed by atoms with Crippen LogP contribution in [0.2, 0.25) is 0 Å². The third-order valence-electron chi connectivity index (χ3n) is 6.21. The number of fused-ring (bicyclic) bond motifs is 1. The van der Waals surface area contributed by atoms with Gasteiger partial charge in [-0.15, -0.1) is 10.2 Å². The van der Waals surface area contributed by atoms with E-state index in [1.165, 1.54) is 0 Å². The Balaban J connectivity index is 1.50. The van der Waals surface area contributed by atoms with Crippen LogP contribution in [0.15, 0.2) is 46.9 Å². The van der Waals surface area contributed by atoms with Gasteiger partial charge in [0.2, 0.25) is 5.89 Å². The van der Waals surface area contributed by atoms with E-state index in [0.717, 1.165) is 41.4 Å². The lowest BCUT2D eigenvalue weighted by Gasteiger charge is -2.30. The van der Waals surface area contributed by atoms with Gasteiger partial charge in [-0.1, -0.05) is 12.1 Å². The fraction of sp³-hybridized carbons (Fsp3) is 0.333. The number of nitriles is 1. The Morgan fingerprint density at radius 2 is 2.00 bits per heavy atom. The van der Waals surface area contributed by atoms with Gasteiger partial charge in [0.15, 0.2) is 6.61 Å². The molecule has 1 saturated carbocycles. The van der Waals surface area contributed by atoms with Crippen LogP contribution in [-0.2, 0) is 11.3 Å². The molecule has 36 heavy (non-hydrogen) atoms. The molecule has 5 rings (SSSR count). The average Bonchev–Trinajstić information content (AvgIpc) is 3.37. The van der Waals surface area contributed by atoms with E-state index in [0.29, 0.717) is 34.8 Å². The zero-order chi connectivity index (χ0) is 25.2. The quantitative estimate of drug-likeness (QED) is 0.335. The van der Waals surface area contributed by atoms with Gasteiger partial charge in [0.05, 0.1) is 22.9 Å². The molecule has 2 aromatic heterocycles. The molecule has 0 saturated heterocycles. The number of benzene rings is 2. The molecular weight excluding hydrogens is 458 g/mol. The lowest BCUT2D eigenvalue weighted by Crippen LogP contribution is -2.18. The number of ether oxygens (including phenoxy) is 2. The van der Waals surface area contributed by atoms with Crippen LogP contribution in [0.25, 0.3) is 22.2 Å². The molecule has 0 radical (unpaired) electrons. The molecule has 0 spiro atoms. The van der Waals surface area contributed by atoms with Crippen LogP contribution < -0.4 is 10.1 Å². The second-order valence-electron chi connectivity index (χ2n) is 9.13. The van der Waals surface area contributed by atoms with Gasteiger partial charge in [0.25, 0.3) is 5.89 Å². The van der Waals surface area contributed by atoms with Crippen LogP contribution in [0.1, 0.15) is 56.5 Å². The van der Waals surface area contributed by atoms with E-state index in [1.54, 1.807) is 20.8 Å².